The summed E-state index contributed by atoms with van der Waals surface area (Å²) in [5.41, 5.74) is 1.45. The zero-order chi connectivity index (χ0) is 13.3. The third-order valence-electron chi connectivity index (χ3n) is 2.39. The molecule has 0 aliphatic rings. The van der Waals surface area contributed by atoms with Gasteiger partial charge in [0, 0.05) is 23.7 Å². The summed E-state index contributed by atoms with van der Waals surface area (Å²) in [6.07, 6.45) is 1.57. The molecule has 0 radical (unpaired) electrons. The quantitative estimate of drug-likeness (QED) is 0.933. The van der Waals surface area contributed by atoms with Crippen LogP contribution in [-0.2, 0) is 6.54 Å². The van der Waals surface area contributed by atoms with E-state index in [1.807, 2.05) is 5.38 Å². The zero-order valence-corrected chi connectivity index (χ0v) is 11.6. The molecule has 0 saturated carbocycles. The average Bonchev–Trinajstić information content (AvgIpc) is 2.83. The minimum absolute atomic E-state index is 0.213. The minimum Gasteiger partial charge on any atom is -0.478 e. The number of hydrogen-bond acceptors (Lipinski definition) is 3. The molecule has 0 spiro atoms. The van der Waals surface area contributed by atoms with Crippen LogP contribution in [-0.4, -0.2) is 20.9 Å². The molecule has 2 aromatic heterocycles. The van der Waals surface area contributed by atoms with Gasteiger partial charge < -0.3 is 5.11 Å². The van der Waals surface area contributed by atoms with E-state index >= 15 is 0 Å². The average molecular weight is 285 g/mol. The number of aromatic nitrogens is 2. The molecule has 2 heterocycles. The Bertz CT molecular complexity index is 574. The highest BCUT2D eigenvalue weighted by Gasteiger charge is 2.18. The zero-order valence-electron chi connectivity index (χ0n) is 10.1. The largest absolute Gasteiger partial charge is 0.478 e. The summed E-state index contributed by atoms with van der Waals surface area (Å²) in [6, 6.07) is 1.74. The fourth-order valence-corrected chi connectivity index (χ4v) is 2.56. The van der Waals surface area contributed by atoms with E-state index in [0.717, 1.165) is 5.56 Å². The molecule has 0 saturated heterocycles. The van der Waals surface area contributed by atoms with Gasteiger partial charge >= 0.3 is 5.97 Å². The first kappa shape index (κ1) is 13.1. The van der Waals surface area contributed by atoms with Gasteiger partial charge in [-0.2, -0.15) is 5.10 Å². The van der Waals surface area contributed by atoms with E-state index in [2.05, 4.69) is 18.9 Å². The van der Waals surface area contributed by atoms with Gasteiger partial charge in [-0.25, -0.2) is 4.79 Å². The molecule has 18 heavy (non-hydrogen) atoms. The number of carboxylic acids is 1. The van der Waals surface area contributed by atoms with Crippen molar-refractivity contribution in [3.63, 3.8) is 0 Å². The van der Waals surface area contributed by atoms with Crippen LogP contribution in [0.25, 0.3) is 11.3 Å². The Morgan fingerprint density at radius 2 is 2.33 bits per heavy atom. The third kappa shape index (κ3) is 2.73. The molecule has 96 valence electrons. The molecule has 0 atom stereocenters. The molecule has 0 aliphatic carbocycles. The topological polar surface area (TPSA) is 55.1 Å². The molecule has 0 aliphatic heterocycles. The molecule has 2 rings (SSSR count). The van der Waals surface area contributed by atoms with E-state index in [0.29, 0.717) is 22.5 Å². The number of rotatable bonds is 4. The number of aromatic carboxylic acids is 1. The number of halogens is 1. The summed E-state index contributed by atoms with van der Waals surface area (Å²) in [5, 5.41) is 15.4. The second kappa shape index (κ2) is 5.12. The van der Waals surface area contributed by atoms with Crippen LogP contribution in [0.5, 0.6) is 0 Å². The maximum atomic E-state index is 11.2. The van der Waals surface area contributed by atoms with Crippen molar-refractivity contribution in [2.24, 2.45) is 5.92 Å². The molecule has 0 fully saturated rings. The van der Waals surface area contributed by atoms with Crippen LogP contribution in [0.2, 0.25) is 4.34 Å². The lowest BCUT2D eigenvalue weighted by Crippen LogP contribution is -2.04. The van der Waals surface area contributed by atoms with Gasteiger partial charge in [0.05, 0.1) is 4.34 Å². The van der Waals surface area contributed by atoms with Crippen molar-refractivity contribution in [1.29, 1.82) is 0 Å². The highest BCUT2D eigenvalue weighted by atomic mass is 35.5. The Hall–Kier alpha value is -1.33. The van der Waals surface area contributed by atoms with Crippen molar-refractivity contribution >= 4 is 28.9 Å². The lowest BCUT2D eigenvalue weighted by Gasteiger charge is -2.03. The maximum absolute atomic E-state index is 11.2. The molecule has 0 amide bonds. The number of carboxylic acid groups (broad SMARTS) is 1. The Kier molecular flexibility index (Phi) is 3.73. The van der Waals surface area contributed by atoms with Crippen LogP contribution in [0.15, 0.2) is 17.6 Å². The number of hydrogen-bond donors (Lipinski definition) is 1. The Balaban J connectivity index is 2.44. The molecular weight excluding hydrogens is 272 g/mol. The molecular formula is C12H13ClN2O2S. The predicted octanol–water partition coefficient (Wildman–Crippen LogP) is 3.62. The second-order valence-electron chi connectivity index (χ2n) is 4.45. The van der Waals surface area contributed by atoms with Gasteiger partial charge in [0.2, 0.25) is 0 Å². The maximum Gasteiger partial charge on any atom is 0.339 e. The van der Waals surface area contributed by atoms with Gasteiger partial charge in [0.25, 0.3) is 0 Å². The lowest BCUT2D eigenvalue weighted by atomic mass is 10.1. The molecule has 0 unspecified atom stereocenters. The summed E-state index contributed by atoms with van der Waals surface area (Å²) >= 11 is 7.24. The lowest BCUT2D eigenvalue weighted by molar-refractivity contribution is 0.0697. The molecule has 4 nitrogen and oxygen atoms in total. The van der Waals surface area contributed by atoms with E-state index in [9.17, 15) is 9.90 Å². The van der Waals surface area contributed by atoms with Crippen LogP contribution in [0.1, 0.15) is 24.2 Å². The molecule has 0 aromatic carbocycles. The highest BCUT2D eigenvalue weighted by Crippen LogP contribution is 2.30. The predicted molar refractivity (Wildman–Crippen MR) is 72.3 cm³/mol. The van der Waals surface area contributed by atoms with Gasteiger partial charge in [-0.3, -0.25) is 4.68 Å². The van der Waals surface area contributed by atoms with Crippen molar-refractivity contribution in [2.45, 2.75) is 20.4 Å². The molecule has 0 bridgehead atoms. The standard InChI is InChI=1S/C12H13ClN2O2S/c1-7(2)4-15-5-9(12(16)17)11(14-15)8-3-10(13)18-6-8/h3,5-7H,4H2,1-2H3,(H,16,17). The summed E-state index contributed by atoms with van der Waals surface area (Å²) in [6.45, 7) is 4.81. The number of carbonyl (C=O) groups is 1. The summed E-state index contributed by atoms with van der Waals surface area (Å²) in [5.74, 6) is -0.562. The first-order valence-corrected chi connectivity index (χ1v) is 6.78. The summed E-state index contributed by atoms with van der Waals surface area (Å²) in [7, 11) is 0. The SMILES string of the molecule is CC(C)Cn1cc(C(=O)O)c(-c2csc(Cl)c2)n1. The van der Waals surface area contributed by atoms with Crippen LogP contribution in [0, 0.1) is 5.92 Å². The van der Waals surface area contributed by atoms with Gasteiger partial charge in [-0.15, -0.1) is 11.3 Å². The summed E-state index contributed by atoms with van der Waals surface area (Å²) in [4.78, 5) is 11.2. The van der Waals surface area contributed by atoms with E-state index in [-0.39, 0.29) is 5.56 Å². The summed E-state index contributed by atoms with van der Waals surface area (Å²) < 4.78 is 2.30. The Morgan fingerprint density at radius 1 is 1.61 bits per heavy atom. The normalized spacial score (nSPS) is 11.1. The van der Waals surface area contributed by atoms with Crippen molar-refractivity contribution in [1.82, 2.24) is 9.78 Å². The fourth-order valence-electron chi connectivity index (χ4n) is 1.69. The van der Waals surface area contributed by atoms with Crippen molar-refractivity contribution < 1.29 is 9.90 Å². The smallest absolute Gasteiger partial charge is 0.339 e. The van der Waals surface area contributed by atoms with Gasteiger partial charge in [0.1, 0.15) is 11.3 Å². The van der Waals surface area contributed by atoms with E-state index in [1.54, 1.807) is 16.9 Å². The van der Waals surface area contributed by atoms with E-state index < -0.39 is 5.97 Å². The first-order valence-electron chi connectivity index (χ1n) is 5.52. The fraction of sp³-hybridized carbons (Fsp3) is 0.333. The van der Waals surface area contributed by atoms with E-state index in [1.165, 1.54) is 11.3 Å². The van der Waals surface area contributed by atoms with Gasteiger partial charge in [-0.05, 0) is 12.0 Å². The molecule has 2 aromatic rings. The van der Waals surface area contributed by atoms with Gasteiger partial charge in [0.15, 0.2) is 0 Å². The van der Waals surface area contributed by atoms with Crippen LogP contribution >= 0.6 is 22.9 Å². The van der Waals surface area contributed by atoms with Crippen molar-refractivity contribution in [3.8, 4) is 11.3 Å². The van der Waals surface area contributed by atoms with Crippen LogP contribution in [0.3, 0.4) is 0 Å². The van der Waals surface area contributed by atoms with E-state index in [4.69, 9.17) is 11.6 Å². The number of thiophene rings is 1. The highest BCUT2D eigenvalue weighted by molar-refractivity contribution is 7.14. The second-order valence-corrected chi connectivity index (χ2v) is 5.99. The number of nitrogens with zero attached hydrogens (tertiary/aromatic N) is 2. The third-order valence-corrected chi connectivity index (χ3v) is 3.48. The van der Waals surface area contributed by atoms with Gasteiger partial charge in [-0.1, -0.05) is 25.4 Å². The molecule has 6 heteroatoms. The van der Waals surface area contributed by atoms with Crippen LogP contribution < -0.4 is 0 Å². The van der Waals surface area contributed by atoms with Crippen molar-refractivity contribution in [2.75, 3.05) is 0 Å². The molecule has 1 N–H and O–H groups in total. The Labute approximate surface area is 114 Å². The van der Waals surface area contributed by atoms with Crippen molar-refractivity contribution in [3.05, 3.63) is 27.5 Å². The minimum atomic E-state index is -0.970. The first-order chi connectivity index (χ1) is 8.47. The van der Waals surface area contributed by atoms with Crippen LogP contribution in [0.4, 0.5) is 0 Å². The Morgan fingerprint density at radius 3 is 2.83 bits per heavy atom. The monoisotopic (exact) mass is 284 g/mol.